The van der Waals surface area contributed by atoms with Crippen LogP contribution in [-0.2, 0) is 24.4 Å². The van der Waals surface area contributed by atoms with Crippen LogP contribution >= 0.6 is 11.3 Å². The molecule has 21 heavy (non-hydrogen) atoms. The lowest BCUT2D eigenvalue weighted by molar-refractivity contribution is 0.134. The molecule has 1 atom stereocenters. The van der Waals surface area contributed by atoms with E-state index in [2.05, 4.69) is 49.3 Å². The Hall–Kier alpha value is -1.23. The molecule has 1 unspecified atom stereocenters. The third kappa shape index (κ3) is 3.18. The smallest absolute Gasteiger partial charge is 0.0949 e. The van der Waals surface area contributed by atoms with Crippen LogP contribution in [0.4, 0.5) is 0 Å². The molecule has 2 heterocycles. The van der Waals surface area contributed by atoms with E-state index in [0.717, 1.165) is 31.9 Å². The van der Waals surface area contributed by atoms with Crippen LogP contribution in [-0.4, -0.2) is 11.5 Å². The molecule has 112 valence electrons. The van der Waals surface area contributed by atoms with Gasteiger partial charge in [0.05, 0.1) is 23.9 Å². The standard InChI is InChI=1S/C17H22N2OS/c1-4-18-16(8-17-19-11(2)12(3)21-17)13-5-6-14-9-20-10-15(14)7-13/h5-7,16,18H,4,8-10H2,1-3H3. The highest BCUT2D eigenvalue weighted by atomic mass is 32.1. The predicted octanol–water partition coefficient (Wildman–Crippen LogP) is 3.68. The fourth-order valence-corrected chi connectivity index (χ4v) is 3.74. The zero-order valence-corrected chi connectivity index (χ0v) is 13.7. The Bertz CT molecular complexity index is 616. The van der Waals surface area contributed by atoms with Crippen LogP contribution < -0.4 is 5.32 Å². The normalized spacial score (nSPS) is 15.2. The molecule has 0 aliphatic carbocycles. The van der Waals surface area contributed by atoms with Crippen molar-refractivity contribution in [1.29, 1.82) is 0 Å². The summed E-state index contributed by atoms with van der Waals surface area (Å²) in [5.74, 6) is 0. The first-order valence-electron chi connectivity index (χ1n) is 7.53. The number of aryl methyl sites for hydroxylation is 2. The van der Waals surface area contributed by atoms with Crippen LogP contribution in [0, 0.1) is 13.8 Å². The Morgan fingerprint density at radius 3 is 2.81 bits per heavy atom. The van der Waals surface area contributed by atoms with Gasteiger partial charge in [0.2, 0.25) is 0 Å². The van der Waals surface area contributed by atoms with E-state index in [0.29, 0.717) is 6.04 Å². The molecule has 1 N–H and O–H groups in total. The van der Waals surface area contributed by atoms with Gasteiger partial charge in [-0.25, -0.2) is 4.98 Å². The van der Waals surface area contributed by atoms with E-state index in [1.807, 2.05) is 11.3 Å². The predicted molar refractivity (Wildman–Crippen MR) is 86.6 cm³/mol. The maximum absolute atomic E-state index is 5.52. The Labute approximate surface area is 130 Å². The van der Waals surface area contributed by atoms with E-state index in [4.69, 9.17) is 4.74 Å². The van der Waals surface area contributed by atoms with Gasteiger partial charge in [-0.15, -0.1) is 11.3 Å². The van der Waals surface area contributed by atoms with Gasteiger partial charge in [0.1, 0.15) is 0 Å². The number of thiazole rings is 1. The van der Waals surface area contributed by atoms with Gasteiger partial charge in [-0.2, -0.15) is 0 Å². The first-order valence-corrected chi connectivity index (χ1v) is 8.34. The Morgan fingerprint density at radius 2 is 2.10 bits per heavy atom. The summed E-state index contributed by atoms with van der Waals surface area (Å²) in [4.78, 5) is 6.01. The zero-order valence-electron chi connectivity index (χ0n) is 12.9. The van der Waals surface area contributed by atoms with Crippen LogP contribution in [0.3, 0.4) is 0 Å². The van der Waals surface area contributed by atoms with Crippen LogP contribution in [0.2, 0.25) is 0 Å². The molecule has 3 rings (SSSR count). The first kappa shape index (κ1) is 14.7. The summed E-state index contributed by atoms with van der Waals surface area (Å²) < 4.78 is 5.52. The number of ether oxygens (including phenoxy) is 1. The van der Waals surface area contributed by atoms with Crippen molar-refractivity contribution in [3.05, 3.63) is 50.5 Å². The number of likely N-dealkylation sites (N-methyl/N-ethyl adjacent to an activating group) is 1. The minimum atomic E-state index is 0.325. The molecule has 0 fully saturated rings. The van der Waals surface area contributed by atoms with Crippen molar-refractivity contribution in [2.24, 2.45) is 0 Å². The molecule has 1 aliphatic rings. The summed E-state index contributed by atoms with van der Waals surface area (Å²) >= 11 is 1.81. The van der Waals surface area contributed by atoms with E-state index in [9.17, 15) is 0 Å². The highest BCUT2D eigenvalue weighted by Gasteiger charge is 2.18. The molecular weight excluding hydrogens is 280 g/mol. The molecule has 2 aromatic rings. The molecule has 0 saturated carbocycles. The fourth-order valence-electron chi connectivity index (χ4n) is 2.76. The molecule has 4 heteroatoms. The summed E-state index contributed by atoms with van der Waals surface area (Å²) in [6, 6.07) is 7.06. The number of rotatable bonds is 5. The van der Waals surface area contributed by atoms with Crippen molar-refractivity contribution in [3.8, 4) is 0 Å². The third-order valence-electron chi connectivity index (χ3n) is 4.05. The minimum Gasteiger partial charge on any atom is -0.372 e. The molecule has 3 nitrogen and oxygen atoms in total. The Morgan fingerprint density at radius 1 is 1.29 bits per heavy atom. The first-order chi connectivity index (χ1) is 10.2. The SMILES string of the molecule is CCNC(Cc1nc(C)c(C)s1)c1ccc2c(c1)COC2. The summed E-state index contributed by atoms with van der Waals surface area (Å²) in [6.45, 7) is 8.85. The van der Waals surface area contributed by atoms with E-state index < -0.39 is 0 Å². The van der Waals surface area contributed by atoms with Crippen molar-refractivity contribution in [2.75, 3.05) is 6.54 Å². The Kier molecular flexibility index (Phi) is 4.38. The molecule has 1 aliphatic heterocycles. The lowest BCUT2D eigenvalue weighted by atomic mass is 9.99. The number of nitrogens with zero attached hydrogens (tertiary/aromatic N) is 1. The lowest BCUT2D eigenvalue weighted by Crippen LogP contribution is -2.23. The molecule has 1 aromatic carbocycles. The van der Waals surface area contributed by atoms with E-state index in [1.165, 1.54) is 26.6 Å². The van der Waals surface area contributed by atoms with Gasteiger partial charge in [0, 0.05) is 17.3 Å². The quantitative estimate of drug-likeness (QED) is 0.915. The highest BCUT2D eigenvalue weighted by Crippen LogP contribution is 2.27. The molecule has 0 amide bonds. The van der Waals surface area contributed by atoms with Crippen molar-refractivity contribution in [2.45, 2.75) is 46.4 Å². The second-order valence-corrected chi connectivity index (χ2v) is 6.87. The van der Waals surface area contributed by atoms with Crippen molar-refractivity contribution < 1.29 is 4.74 Å². The summed E-state index contributed by atoms with van der Waals surface area (Å²) in [5, 5.41) is 4.81. The maximum atomic E-state index is 5.52. The van der Waals surface area contributed by atoms with Gasteiger partial charge in [-0.1, -0.05) is 25.1 Å². The van der Waals surface area contributed by atoms with Crippen LogP contribution in [0.15, 0.2) is 18.2 Å². The van der Waals surface area contributed by atoms with Gasteiger partial charge in [0.25, 0.3) is 0 Å². The molecule has 1 aromatic heterocycles. The summed E-state index contributed by atoms with van der Waals surface area (Å²) in [6.07, 6.45) is 0.951. The maximum Gasteiger partial charge on any atom is 0.0949 e. The van der Waals surface area contributed by atoms with Crippen LogP contribution in [0.5, 0.6) is 0 Å². The van der Waals surface area contributed by atoms with Crippen molar-refractivity contribution >= 4 is 11.3 Å². The van der Waals surface area contributed by atoms with Crippen LogP contribution in [0.25, 0.3) is 0 Å². The average molecular weight is 302 g/mol. The largest absolute Gasteiger partial charge is 0.372 e. The van der Waals surface area contributed by atoms with Gasteiger partial charge in [-0.3, -0.25) is 0 Å². The second-order valence-electron chi connectivity index (χ2n) is 5.58. The minimum absolute atomic E-state index is 0.325. The van der Waals surface area contributed by atoms with Crippen LogP contribution in [0.1, 0.15) is 45.2 Å². The van der Waals surface area contributed by atoms with E-state index in [-0.39, 0.29) is 0 Å². The molecular formula is C17H22N2OS. The number of nitrogens with one attached hydrogen (secondary N) is 1. The van der Waals surface area contributed by atoms with Gasteiger partial charge in [0.15, 0.2) is 0 Å². The van der Waals surface area contributed by atoms with Gasteiger partial charge < -0.3 is 10.1 Å². The molecule has 0 radical (unpaired) electrons. The molecule has 0 bridgehead atoms. The topological polar surface area (TPSA) is 34.2 Å². The second kappa shape index (κ2) is 6.26. The number of benzene rings is 1. The molecule has 0 saturated heterocycles. The van der Waals surface area contributed by atoms with E-state index >= 15 is 0 Å². The molecule has 0 spiro atoms. The monoisotopic (exact) mass is 302 g/mol. The summed E-state index contributed by atoms with van der Waals surface area (Å²) in [7, 11) is 0. The highest BCUT2D eigenvalue weighted by molar-refractivity contribution is 7.11. The lowest BCUT2D eigenvalue weighted by Gasteiger charge is -2.18. The number of hydrogen-bond acceptors (Lipinski definition) is 4. The zero-order chi connectivity index (χ0) is 14.8. The number of aromatic nitrogens is 1. The Balaban J connectivity index is 1.83. The van der Waals surface area contributed by atoms with Gasteiger partial charge >= 0.3 is 0 Å². The number of hydrogen-bond donors (Lipinski definition) is 1. The summed E-state index contributed by atoms with van der Waals surface area (Å²) in [5.41, 5.74) is 5.16. The van der Waals surface area contributed by atoms with E-state index in [1.54, 1.807) is 0 Å². The fraction of sp³-hybridized carbons (Fsp3) is 0.471. The van der Waals surface area contributed by atoms with Crippen molar-refractivity contribution in [3.63, 3.8) is 0 Å². The third-order valence-corrected chi connectivity index (χ3v) is 5.15. The average Bonchev–Trinajstić information content (AvgIpc) is 3.05. The number of fused-ring (bicyclic) bond motifs is 1. The van der Waals surface area contributed by atoms with Crippen molar-refractivity contribution in [1.82, 2.24) is 10.3 Å². The van der Waals surface area contributed by atoms with Gasteiger partial charge in [-0.05, 0) is 37.1 Å².